The summed E-state index contributed by atoms with van der Waals surface area (Å²) in [4.78, 5) is 26.2. The van der Waals surface area contributed by atoms with Gasteiger partial charge in [0.25, 0.3) is 5.91 Å². The van der Waals surface area contributed by atoms with Crippen LogP contribution in [0.2, 0.25) is 0 Å². The van der Waals surface area contributed by atoms with Gasteiger partial charge < -0.3 is 19.3 Å². The molecule has 0 aliphatic carbocycles. The average molecular weight is 396 g/mol. The number of rotatable bonds is 6. The van der Waals surface area contributed by atoms with Gasteiger partial charge in [-0.3, -0.25) is 4.79 Å². The summed E-state index contributed by atoms with van der Waals surface area (Å²) < 4.78 is 10.6. The Labute approximate surface area is 171 Å². The fourth-order valence-corrected chi connectivity index (χ4v) is 4.65. The Bertz CT molecular complexity index is 840. The second-order valence-corrected chi connectivity index (χ2v) is 7.87. The normalized spacial score (nSPS) is 24.0. The number of aromatic nitrogens is 2. The molecule has 3 atom stereocenters. The predicted molar refractivity (Wildman–Crippen MR) is 109 cm³/mol. The van der Waals surface area contributed by atoms with Crippen molar-refractivity contribution in [3.63, 3.8) is 0 Å². The molecule has 2 saturated heterocycles. The number of likely N-dealkylation sites (tertiary alicyclic amines) is 2. The summed E-state index contributed by atoms with van der Waals surface area (Å²) in [5, 5.41) is 0. The molecule has 0 saturated carbocycles. The summed E-state index contributed by atoms with van der Waals surface area (Å²) in [6.07, 6.45) is 3.27. The number of carbonyl (C=O) groups excluding carboxylic acids is 1. The predicted octanol–water partition coefficient (Wildman–Crippen LogP) is 2.19. The first-order valence-corrected chi connectivity index (χ1v) is 10.1. The molecule has 0 N–H and O–H groups in total. The third-order valence-electron chi connectivity index (χ3n) is 6.10. The van der Waals surface area contributed by atoms with Crippen LogP contribution in [-0.4, -0.2) is 72.7 Å². The summed E-state index contributed by atoms with van der Waals surface area (Å²) in [7, 11) is 3.40. The lowest BCUT2D eigenvalue weighted by atomic mass is 9.89. The second kappa shape index (κ2) is 8.47. The Kier molecular flexibility index (Phi) is 5.78. The maximum atomic E-state index is 13.3. The lowest BCUT2D eigenvalue weighted by molar-refractivity contribution is 0.0694. The van der Waals surface area contributed by atoms with Crippen molar-refractivity contribution in [3.05, 3.63) is 53.6 Å². The summed E-state index contributed by atoms with van der Waals surface area (Å²) in [6, 6.07) is 8.13. The van der Waals surface area contributed by atoms with Crippen LogP contribution < -0.4 is 4.74 Å². The van der Waals surface area contributed by atoms with E-state index in [1.165, 1.54) is 0 Å². The van der Waals surface area contributed by atoms with Crippen LogP contribution >= 0.6 is 0 Å². The fraction of sp³-hybridized carbons (Fsp3) is 0.500. The molecule has 0 spiro atoms. The van der Waals surface area contributed by atoms with E-state index in [-0.39, 0.29) is 11.9 Å². The van der Waals surface area contributed by atoms with Gasteiger partial charge in [0.05, 0.1) is 25.3 Å². The van der Waals surface area contributed by atoms with Crippen molar-refractivity contribution < 1.29 is 14.3 Å². The fourth-order valence-electron chi connectivity index (χ4n) is 4.65. The first kappa shape index (κ1) is 19.8. The van der Waals surface area contributed by atoms with Crippen LogP contribution in [0.25, 0.3) is 0 Å². The molecule has 3 heterocycles. The monoisotopic (exact) mass is 396 g/mol. The van der Waals surface area contributed by atoms with Gasteiger partial charge in [-0.2, -0.15) is 0 Å². The van der Waals surface area contributed by atoms with E-state index in [0.29, 0.717) is 23.2 Å². The van der Waals surface area contributed by atoms with E-state index in [9.17, 15) is 4.79 Å². The minimum atomic E-state index is 0.00339. The van der Waals surface area contributed by atoms with Crippen molar-refractivity contribution >= 4 is 5.91 Å². The van der Waals surface area contributed by atoms with Gasteiger partial charge >= 0.3 is 0 Å². The zero-order valence-corrected chi connectivity index (χ0v) is 17.2. The average Bonchev–Trinajstić information content (AvgIpc) is 3.30. The highest BCUT2D eigenvalue weighted by Crippen LogP contribution is 2.45. The molecule has 0 bridgehead atoms. The first-order chi connectivity index (χ1) is 14.1. The molecule has 1 aromatic carbocycles. The van der Waals surface area contributed by atoms with E-state index >= 15 is 0 Å². The van der Waals surface area contributed by atoms with Crippen LogP contribution in [0.3, 0.4) is 0 Å². The summed E-state index contributed by atoms with van der Waals surface area (Å²) in [6.45, 7) is 6.20. The molecule has 29 heavy (non-hydrogen) atoms. The van der Waals surface area contributed by atoms with E-state index in [2.05, 4.69) is 27.0 Å². The molecular formula is C22H28N4O3. The van der Waals surface area contributed by atoms with Crippen LogP contribution in [0.1, 0.15) is 27.8 Å². The van der Waals surface area contributed by atoms with Crippen molar-refractivity contribution in [1.29, 1.82) is 0 Å². The van der Waals surface area contributed by atoms with Crippen LogP contribution in [0.5, 0.6) is 5.75 Å². The number of aryl methyl sites for hydroxylation is 1. The Morgan fingerprint density at radius 3 is 2.48 bits per heavy atom. The van der Waals surface area contributed by atoms with Crippen molar-refractivity contribution in [2.75, 3.05) is 47.0 Å². The lowest BCUT2D eigenvalue weighted by Crippen LogP contribution is -2.36. The molecule has 4 rings (SSSR count). The molecule has 154 valence electrons. The third kappa shape index (κ3) is 3.97. The molecule has 0 radical (unpaired) electrons. The van der Waals surface area contributed by atoms with Gasteiger partial charge in [0.1, 0.15) is 11.6 Å². The highest BCUT2D eigenvalue weighted by molar-refractivity contribution is 5.94. The number of methoxy groups -OCH3 is 2. The topological polar surface area (TPSA) is 67.8 Å². The van der Waals surface area contributed by atoms with Crippen molar-refractivity contribution in [2.24, 2.45) is 11.8 Å². The van der Waals surface area contributed by atoms with E-state index in [1.807, 2.05) is 24.0 Å². The van der Waals surface area contributed by atoms with Crippen LogP contribution in [0.4, 0.5) is 0 Å². The number of hydrogen-bond acceptors (Lipinski definition) is 6. The molecular weight excluding hydrogens is 368 g/mol. The summed E-state index contributed by atoms with van der Waals surface area (Å²) in [5.41, 5.74) is 1.69. The Morgan fingerprint density at radius 1 is 1.10 bits per heavy atom. The minimum absolute atomic E-state index is 0.00339. The zero-order valence-electron chi connectivity index (χ0n) is 17.2. The molecule has 2 aliphatic rings. The maximum absolute atomic E-state index is 13.3. The van der Waals surface area contributed by atoms with Crippen molar-refractivity contribution in [2.45, 2.75) is 13.0 Å². The van der Waals surface area contributed by atoms with E-state index in [1.54, 1.807) is 26.6 Å². The largest absolute Gasteiger partial charge is 0.497 e. The standard InChI is InChI=1S/C22H28N4O3/c1-15-23-10-17(11-24-15)22(27)26-13-18-12-25(8-9-28-2)14-20(18)21(26)16-4-6-19(29-3)7-5-16/h4-7,10-11,18,20-21H,8-9,12-14H2,1-3H3/t18-,20-,21-/m0/s1. The number of amides is 1. The highest BCUT2D eigenvalue weighted by Gasteiger charge is 2.49. The molecule has 2 fully saturated rings. The highest BCUT2D eigenvalue weighted by atomic mass is 16.5. The Balaban J connectivity index is 1.62. The third-order valence-corrected chi connectivity index (χ3v) is 6.10. The van der Waals surface area contributed by atoms with Crippen LogP contribution in [-0.2, 0) is 4.74 Å². The summed E-state index contributed by atoms with van der Waals surface area (Å²) >= 11 is 0. The van der Waals surface area contributed by atoms with Gasteiger partial charge in [-0.1, -0.05) is 12.1 Å². The second-order valence-electron chi connectivity index (χ2n) is 7.87. The van der Waals surface area contributed by atoms with Gasteiger partial charge in [-0.25, -0.2) is 9.97 Å². The molecule has 7 nitrogen and oxygen atoms in total. The molecule has 0 unspecified atom stereocenters. The number of carbonyl (C=O) groups is 1. The SMILES string of the molecule is COCCN1C[C@H]2CN(C(=O)c3cnc(C)nc3)[C@@H](c3ccc(OC)cc3)[C@H]2C1. The maximum Gasteiger partial charge on any atom is 0.257 e. The Morgan fingerprint density at radius 2 is 1.83 bits per heavy atom. The van der Waals surface area contributed by atoms with Gasteiger partial charge in [0.2, 0.25) is 0 Å². The van der Waals surface area contributed by atoms with Crippen LogP contribution in [0, 0.1) is 18.8 Å². The van der Waals surface area contributed by atoms with Gasteiger partial charge in [0.15, 0.2) is 0 Å². The molecule has 2 aromatic rings. The molecule has 2 aliphatic heterocycles. The first-order valence-electron chi connectivity index (χ1n) is 10.1. The van der Waals surface area contributed by atoms with E-state index < -0.39 is 0 Å². The minimum Gasteiger partial charge on any atom is -0.497 e. The number of hydrogen-bond donors (Lipinski definition) is 0. The number of nitrogens with zero attached hydrogens (tertiary/aromatic N) is 4. The van der Waals surface area contributed by atoms with Crippen molar-refractivity contribution in [1.82, 2.24) is 19.8 Å². The number of fused-ring (bicyclic) bond motifs is 1. The van der Waals surface area contributed by atoms with Gasteiger partial charge in [-0.05, 0) is 30.5 Å². The lowest BCUT2D eigenvalue weighted by Gasteiger charge is -2.30. The molecule has 7 heteroatoms. The number of ether oxygens (including phenoxy) is 2. The quantitative estimate of drug-likeness (QED) is 0.746. The van der Waals surface area contributed by atoms with Gasteiger partial charge in [-0.15, -0.1) is 0 Å². The van der Waals surface area contributed by atoms with E-state index in [0.717, 1.165) is 44.1 Å². The Hall–Kier alpha value is -2.51. The van der Waals surface area contributed by atoms with Crippen molar-refractivity contribution in [3.8, 4) is 5.75 Å². The van der Waals surface area contributed by atoms with E-state index in [4.69, 9.17) is 9.47 Å². The molecule has 1 amide bonds. The smallest absolute Gasteiger partial charge is 0.257 e. The molecule has 1 aromatic heterocycles. The zero-order chi connectivity index (χ0) is 20.4. The van der Waals surface area contributed by atoms with Gasteiger partial charge in [0, 0.05) is 51.6 Å². The summed E-state index contributed by atoms with van der Waals surface area (Å²) in [5.74, 6) is 2.34. The van der Waals surface area contributed by atoms with Crippen LogP contribution in [0.15, 0.2) is 36.7 Å². The number of benzene rings is 1.